The first-order valence-electron chi connectivity index (χ1n) is 8.76. The summed E-state index contributed by atoms with van der Waals surface area (Å²) in [6.07, 6.45) is 3.94. The summed E-state index contributed by atoms with van der Waals surface area (Å²) in [5.74, 6) is 0.406. The minimum absolute atomic E-state index is 0.0142. The summed E-state index contributed by atoms with van der Waals surface area (Å²) in [4.78, 5) is 25.4. The van der Waals surface area contributed by atoms with Crippen molar-refractivity contribution in [3.8, 4) is 0 Å². The maximum Gasteiger partial charge on any atom is 0.293 e. The number of piperidine rings is 1. The Hall–Kier alpha value is -2.11. The zero-order valence-electron chi connectivity index (χ0n) is 14.7. The molecule has 2 rings (SSSR count). The number of carbonyl (C=O) groups excluding carboxylic acids is 1. The largest absolute Gasteiger partial charge is 0.366 e. The Morgan fingerprint density at radius 3 is 2.67 bits per heavy atom. The molecule has 0 saturated carbocycles. The van der Waals surface area contributed by atoms with Crippen LogP contribution in [-0.4, -0.2) is 30.0 Å². The van der Waals surface area contributed by atoms with Crippen molar-refractivity contribution in [2.24, 2.45) is 5.92 Å². The zero-order chi connectivity index (χ0) is 17.7. The van der Waals surface area contributed by atoms with Gasteiger partial charge in [0.15, 0.2) is 0 Å². The van der Waals surface area contributed by atoms with Gasteiger partial charge >= 0.3 is 0 Å². The van der Waals surface area contributed by atoms with Crippen molar-refractivity contribution in [3.05, 3.63) is 33.9 Å². The van der Waals surface area contributed by atoms with Crippen LogP contribution in [0.3, 0.4) is 0 Å². The first kappa shape index (κ1) is 18.2. The van der Waals surface area contributed by atoms with E-state index in [4.69, 9.17) is 0 Å². The topological polar surface area (TPSA) is 75.5 Å². The third kappa shape index (κ3) is 4.46. The lowest BCUT2D eigenvalue weighted by atomic mass is 9.98. The fraction of sp³-hybridized carbons (Fsp3) is 0.611. The summed E-state index contributed by atoms with van der Waals surface area (Å²) >= 11 is 0. The average Bonchev–Trinajstić information content (AvgIpc) is 2.55. The Morgan fingerprint density at radius 2 is 2.08 bits per heavy atom. The van der Waals surface area contributed by atoms with Crippen molar-refractivity contribution in [3.63, 3.8) is 0 Å². The number of nitro benzene ring substituents is 1. The van der Waals surface area contributed by atoms with E-state index in [0.717, 1.165) is 38.8 Å². The van der Waals surface area contributed by atoms with E-state index in [-0.39, 0.29) is 22.6 Å². The molecule has 1 aromatic rings. The average molecular weight is 333 g/mol. The molecule has 24 heavy (non-hydrogen) atoms. The Morgan fingerprint density at radius 1 is 1.42 bits per heavy atom. The molecule has 1 N–H and O–H groups in total. The molecule has 132 valence electrons. The lowest BCUT2D eigenvalue weighted by Gasteiger charge is -2.31. The minimum atomic E-state index is -0.389. The van der Waals surface area contributed by atoms with E-state index in [1.54, 1.807) is 12.1 Å². The van der Waals surface area contributed by atoms with Gasteiger partial charge in [0.05, 0.1) is 4.92 Å². The van der Waals surface area contributed by atoms with Crippen molar-refractivity contribution in [2.75, 3.05) is 18.0 Å². The van der Waals surface area contributed by atoms with Crippen molar-refractivity contribution >= 4 is 17.3 Å². The molecule has 6 heteroatoms. The van der Waals surface area contributed by atoms with Crippen molar-refractivity contribution in [2.45, 2.75) is 52.5 Å². The molecule has 0 bridgehead atoms. The number of anilines is 1. The number of hydrogen-bond donors (Lipinski definition) is 1. The van der Waals surface area contributed by atoms with Crippen LogP contribution in [0.5, 0.6) is 0 Å². The second-order valence-corrected chi connectivity index (χ2v) is 6.79. The molecular formula is C18H27N3O3. The summed E-state index contributed by atoms with van der Waals surface area (Å²) in [6.45, 7) is 7.85. The van der Waals surface area contributed by atoms with Gasteiger partial charge in [-0.15, -0.1) is 0 Å². The highest BCUT2D eigenvalue weighted by molar-refractivity contribution is 5.96. The molecule has 1 saturated heterocycles. The minimum Gasteiger partial charge on any atom is -0.366 e. The van der Waals surface area contributed by atoms with Gasteiger partial charge in [0.2, 0.25) is 0 Å². The van der Waals surface area contributed by atoms with E-state index in [0.29, 0.717) is 17.2 Å². The van der Waals surface area contributed by atoms with Crippen LogP contribution >= 0.6 is 0 Å². The van der Waals surface area contributed by atoms with Gasteiger partial charge in [-0.1, -0.05) is 20.3 Å². The van der Waals surface area contributed by atoms with Gasteiger partial charge in [0, 0.05) is 30.8 Å². The van der Waals surface area contributed by atoms with Gasteiger partial charge in [-0.2, -0.15) is 0 Å². The number of nitro groups is 1. The Kier molecular flexibility index (Phi) is 6.17. The SMILES string of the molecule is CCCC(C)NC(=O)c1ccc(N2CCC(C)CC2)c([N+](=O)[O-])c1. The first-order valence-corrected chi connectivity index (χ1v) is 8.76. The second-order valence-electron chi connectivity index (χ2n) is 6.79. The zero-order valence-corrected chi connectivity index (χ0v) is 14.7. The van der Waals surface area contributed by atoms with Crippen LogP contribution in [0.1, 0.15) is 56.8 Å². The lowest BCUT2D eigenvalue weighted by Crippen LogP contribution is -2.34. The van der Waals surface area contributed by atoms with Crippen molar-refractivity contribution < 1.29 is 9.72 Å². The standard InChI is InChI=1S/C18H27N3O3/c1-4-5-14(3)19-18(22)15-6-7-16(17(12-15)21(23)24)20-10-8-13(2)9-11-20/h6-7,12-14H,4-5,8-11H2,1-3H3,(H,19,22). The van der Waals surface area contributed by atoms with Crippen molar-refractivity contribution in [1.29, 1.82) is 0 Å². The smallest absolute Gasteiger partial charge is 0.293 e. The third-order valence-corrected chi connectivity index (χ3v) is 4.66. The van der Waals surface area contributed by atoms with Crippen LogP contribution in [0, 0.1) is 16.0 Å². The lowest BCUT2D eigenvalue weighted by molar-refractivity contribution is -0.384. The Balaban J connectivity index is 2.20. The van der Waals surface area contributed by atoms with Gasteiger partial charge in [0.25, 0.3) is 11.6 Å². The van der Waals surface area contributed by atoms with Crippen LogP contribution < -0.4 is 10.2 Å². The predicted molar refractivity (Wildman–Crippen MR) is 95.5 cm³/mol. The number of carbonyl (C=O) groups is 1. The van der Waals surface area contributed by atoms with Crippen LogP contribution in [0.2, 0.25) is 0 Å². The molecule has 0 aromatic heterocycles. The summed E-state index contributed by atoms with van der Waals surface area (Å²) in [5, 5.41) is 14.4. The molecule has 1 fully saturated rings. The number of hydrogen-bond acceptors (Lipinski definition) is 4. The van der Waals surface area contributed by atoms with Crippen LogP contribution in [-0.2, 0) is 0 Å². The van der Waals surface area contributed by atoms with Gasteiger partial charge < -0.3 is 10.2 Å². The molecule has 0 radical (unpaired) electrons. The normalized spacial score (nSPS) is 16.7. The number of amides is 1. The Bertz CT molecular complexity index is 595. The summed E-state index contributed by atoms with van der Waals surface area (Å²) in [5.41, 5.74) is 0.976. The number of nitrogens with one attached hydrogen (secondary N) is 1. The van der Waals surface area contributed by atoms with E-state index in [2.05, 4.69) is 24.1 Å². The highest BCUT2D eigenvalue weighted by Gasteiger charge is 2.25. The van der Waals surface area contributed by atoms with Gasteiger partial charge in [0.1, 0.15) is 5.69 Å². The van der Waals surface area contributed by atoms with Gasteiger partial charge in [-0.25, -0.2) is 0 Å². The number of benzene rings is 1. The molecule has 1 aliphatic rings. The van der Waals surface area contributed by atoms with E-state index >= 15 is 0 Å². The maximum atomic E-state index is 12.3. The molecule has 1 unspecified atom stereocenters. The fourth-order valence-electron chi connectivity index (χ4n) is 3.14. The molecule has 0 spiro atoms. The Labute approximate surface area is 143 Å². The highest BCUT2D eigenvalue weighted by Crippen LogP contribution is 2.32. The molecule has 1 aliphatic heterocycles. The van der Waals surface area contributed by atoms with E-state index in [1.807, 2.05) is 6.92 Å². The van der Waals surface area contributed by atoms with Crippen LogP contribution in [0.25, 0.3) is 0 Å². The monoisotopic (exact) mass is 333 g/mol. The summed E-state index contributed by atoms with van der Waals surface area (Å²) < 4.78 is 0. The number of rotatable bonds is 6. The van der Waals surface area contributed by atoms with E-state index in [9.17, 15) is 14.9 Å². The second kappa shape index (κ2) is 8.13. The molecule has 1 heterocycles. The van der Waals surface area contributed by atoms with Gasteiger partial charge in [-0.05, 0) is 44.2 Å². The maximum absolute atomic E-state index is 12.3. The molecule has 1 atom stereocenters. The molecule has 0 aliphatic carbocycles. The summed E-state index contributed by atoms with van der Waals surface area (Å²) in [7, 11) is 0. The highest BCUT2D eigenvalue weighted by atomic mass is 16.6. The van der Waals surface area contributed by atoms with Crippen LogP contribution in [0.15, 0.2) is 18.2 Å². The quantitative estimate of drug-likeness (QED) is 0.635. The molecule has 1 amide bonds. The van der Waals surface area contributed by atoms with E-state index in [1.165, 1.54) is 6.07 Å². The third-order valence-electron chi connectivity index (χ3n) is 4.66. The van der Waals surface area contributed by atoms with E-state index < -0.39 is 0 Å². The predicted octanol–water partition coefficient (Wildman–Crippen LogP) is 3.75. The van der Waals surface area contributed by atoms with Crippen molar-refractivity contribution in [1.82, 2.24) is 5.32 Å². The number of nitrogens with zero attached hydrogens (tertiary/aromatic N) is 2. The fourth-order valence-corrected chi connectivity index (χ4v) is 3.14. The summed E-state index contributed by atoms with van der Waals surface area (Å²) in [6, 6.07) is 4.87. The molecular weight excluding hydrogens is 306 g/mol. The van der Waals surface area contributed by atoms with Crippen LogP contribution in [0.4, 0.5) is 11.4 Å². The molecule has 6 nitrogen and oxygen atoms in total. The molecule has 1 aromatic carbocycles. The first-order chi connectivity index (χ1) is 11.4. The van der Waals surface area contributed by atoms with Gasteiger partial charge in [-0.3, -0.25) is 14.9 Å².